The zero-order valence-corrected chi connectivity index (χ0v) is 28.8. The topological polar surface area (TPSA) is 21.3 Å². The minimum absolute atomic E-state index is 0.869. The number of benzene rings is 9. The van der Waals surface area contributed by atoms with E-state index in [0.29, 0.717) is 0 Å². The molecule has 2 heterocycles. The van der Waals surface area contributed by atoms with Crippen molar-refractivity contribution in [3.05, 3.63) is 194 Å². The lowest BCUT2D eigenvalue weighted by Gasteiger charge is -2.28. The summed E-state index contributed by atoms with van der Waals surface area (Å²) >= 11 is 0. The zero-order valence-electron chi connectivity index (χ0n) is 28.8. The van der Waals surface area contributed by atoms with Gasteiger partial charge in [-0.2, -0.15) is 0 Å². The van der Waals surface area contributed by atoms with Gasteiger partial charge in [0, 0.05) is 55.6 Å². The van der Waals surface area contributed by atoms with Crippen molar-refractivity contribution in [2.24, 2.45) is 0 Å². The van der Waals surface area contributed by atoms with Gasteiger partial charge in [-0.25, -0.2) is 0 Å². The van der Waals surface area contributed by atoms with E-state index in [4.69, 9.17) is 4.42 Å². The fraction of sp³-hybridized carbons (Fsp3) is 0. The Hall–Kier alpha value is -7.10. The van der Waals surface area contributed by atoms with Gasteiger partial charge in [0.25, 0.3) is 0 Å². The Morgan fingerprint density at radius 2 is 1.06 bits per heavy atom. The third-order valence-corrected chi connectivity index (χ3v) is 10.7. The Morgan fingerprint density at radius 3 is 1.96 bits per heavy atom. The summed E-state index contributed by atoms with van der Waals surface area (Å²) in [5.41, 5.74) is 10.9. The van der Waals surface area contributed by atoms with E-state index in [-0.39, 0.29) is 0 Å². The predicted octanol–water partition coefficient (Wildman–Crippen LogP) is 14.1. The molecule has 0 aliphatic rings. The normalized spacial score (nSPS) is 11.8. The summed E-state index contributed by atoms with van der Waals surface area (Å²) in [5.74, 6) is 0. The van der Waals surface area contributed by atoms with Crippen molar-refractivity contribution in [3.8, 4) is 16.8 Å². The molecule has 0 unspecified atom stereocenters. The van der Waals surface area contributed by atoms with Crippen molar-refractivity contribution < 1.29 is 4.42 Å². The van der Waals surface area contributed by atoms with Crippen LogP contribution in [0.3, 0.4) is 0 Å². The van der Waals surface area contributed by atoms with Gasteiger partial charge in [0.2, 0.25) is 0 Å². The second kappa shape index (κ2) is 11.7. The number of hydrogen-bond donors (Lipinski definition) is 0. The van der Waals surface area contributed by atoms with Crippen LogP contribution in [0, 0.1) is 0 Å². The van der Waals surface area contributed by atoms with Gasteiger partial charge in [-0.15, -0.1) is 0 Å². The molecular formula is C50H32N2O. The van der Waals surface area contributed by atoms with Crippen molar-refractivity contribution in [1.29, 1.82) is 0 Å². The van der Waals surface area contributed by atoms with Crippen LogP contribution < -0.4 is 4.90 Å². The molecule has 11 aromatic rings. The summed E-state index contributed by atoms with van der Waals surface area (Å²) < 4.78 is 8.87. The lowest BCUT2D eigenvalue weighted by atomic mass is 10.0. The minimum atomic E-state index is 0.869. The fourth-order valence-electron chi connectivity index (χ4n) is 8.31. The molecule has 3 nitrogen and oxygen atoms in total. The van der Waals surface area contributed by atoms with E-state index in [1.165, 1.54) is 48.9 Å². The third-order valence-electron chi connectivity index (χ3n) is 10.7. The summed E-state index contributed by atoms with van der Waals surface area (Å²) in [6.07, 6.45) is 0. The van der Waals surface area contributed by atoms with E-state index in [1.54, 1.807) is 0 Å². The number of anilines is 3. The van der Waals surface area contributed by atoms with Crippen molar-refractivity contribution >= 4 is 82.4 Å². The largest absolute Gasteiger partial charge is 0.456 e. The van der Waals surface area contributed by atoms with Crippen LogP contribution in [0.2, 0.25) is 0 Å². The maximum atomic E-state index is 6.43. The SMILES string of the molecule is c1ccc(-c2ccccc2N(c2ccc3c(ccc4c5ccccc5n(-c5ccc6ccccc6c5)c34)c2)c2ccc3c(c2)oc2ccccc23)cc1. The molecule has 2 aromatic heterocycles. The Bertz CT molecular complexity index is 3190. The Balaban J connectivity index is 1.16. The summed E-state index contributed by atoms with van der Waals surface area (Å²) in [7, 11) is 0. The average molecular weight is 677 g/mol. The molecule has 0 saturated heterocycles. The number of para-hydroxylation sites is 3. The minimum Gasteiger partial charge on any atom is -0.456 e. The number of fused-ring (bicyclic) bond motifs is 9. The van der Waals surface area contributed by atoms with Gasteiger partial charge >= 0.3 is 0 Å². The number of aromatic nitrogens is 1. The molecule has 0 amide bonds. The van der Waals surface area contributed by atoms with E-state index in [9.17, 15) is 0 Å². The monoisotopic (exact) mass is 676 g/mol. The molecule has 0 radical (unpaired) electrons. The van der Waals surface area contributed by atoms with Crippen LogP contribution in [0.5, 0.6) is 0 Å². The summed E-state index contributed by atoms with van der Waals surface area (Å²) in [6, 6.07) is 69.8. The number of furan rings is 1. The van der Waals surface area contributed by atoms with Gasteiger partial charge in [-0.1, -0.05) is 133 Å². The Morgan fingerprint density at radius 1 is 0.396 bits per heavy atom. The van der Waals surface area contributed by atoms with Crippen molar-refractivity contribution in [2.75, 3.05) is 4.90 Å². The first-order chi connectivity index (χ1) is 26.3. The predicted molar refractivity (Wildman–Crippen MR) is 223 cm³/mol. The summed E-state index contributed by atoms with van der Waals surface area (Å²) in [5, 5.41) is 9.59. The summed E-state index contributed by atoms with van der Waals surface area (Å²) in [6.45, 7) is 0. The molecule has 9 aromatic carbocycles. The molecule has 11 rings (SSSR count). The lowest BCUT2D eigenvalue weighted by molar-refractivity contribution is 0.669. The van der Waals surface area contributed by atoms with Gasteiger partial charge in [-0.3, -0.25) is 0 Å². The molecule has 0 aliphatic carbocycles. The molecule has 248 valence electrons. The van der Waals surface area contributed by atoms with E-state index in [1.807, 2.05) is 12.1 Å². The van der Waals surface area contributed by atoms with E-state index in [0.717, 1.165) is 50.3 Å². The number of nitrogens with zero attached hydrogens (tertiary/aromatic N) is 2. The van der Waals surface area contributed by atoms with Crippen LogP contribution in [-0.4, -0.2) is 4.57 Å². The van der Waals surface area contributed by atoms with Crippen LogP contribution in [0.25, 0.3) is 82.1 Å². The molecule has 0 atom stereocenters. The second-order valence-electron chi connectivity index (χ2n) is 13.7. The summed E-state index contributed by atoms with van der Waals surface area (Å²) in [4.78, 5) is 2.37. The van der Waals surface area contributed by atoms with E-state index in [2.05, 4.69) is 191 Å². The third kappa shape index (κ3) is 4.68. The Labute approximate surface area is 306 Å². The lowest BCUT2D eigenvalue weighted by Crippen LogP contribution is -2.11. The molecule has 0 aliphatic heterocycles. The number of rotatable bonds is 5. The molecule has 0 saturated carbocycles. The highest BCUT2D eigenvalue weighted by Gasteiger charge is 2.21. The maximum Gasteiger partial charge on any atom is 0.137 e. The van der Waals surface area contributed by atoms with Gasteiger partial charge in [-0.05, 0) is 76.3 Å². The first-order valence-electron chi connectivity index (χ1n) is 18.1. The highest BCUT2D eigenvalue weighted by Crippen LogP contribution is 2.45. The average Bonchev–Trinajstić information content (AvgIpc) is 3.77. The van der Waals surface area contributed by atoms with Crippen LogP contribution in [-0.2, 0) is 0 Å². The van der Waals surface area contributed by atoms with Crippen molar-refractivity contribution in [3.63, 3.8) is 0 Å². The molecule has 3 heteroatoms. The van der Waals surface area contributed by atoms with E-state index >= 15 is 0 Å². The molecule has 0 N–H and O–H groups in total. The number of hydrogen-bond acceptors (Lipinski definition) is 2. The van der Waals surface area contributed by atoms with Crippen LogP contribution in [0.4, 0.5) is 17.1 Å². The van der Waals surface area contributed by atoms with Crippen molar-refractivity contribution in [2.45, 2.75) is 0 Å². The zero-order chi connectivity index (χ0) is 34.9. The van der Waals surface area contributed by atoms with Gasteiger partial charge in [0.1, 0.15) is 11.2 Å². The smallest absolute Gasteiger partial charge is 0.137 e. The molecule has 53 heavy (non-hydrogen) atoms. The van der Waals surface area contributed by atoms with Crippen LogP contribution in [0.15, 0.2) is 199 Å². The van der Waals surface area contributed by atoms with Crippen LogP contribution in [0.1, 0.15) is 0 Å². The second-order valence-corrected chi connectivity index (χ2v) is 13.7. The highest BCUT2D eigenvalue weighted by molar-refractivity contribution is 6.19. The van der Waals surface area contributed by atoms with Gasteiger partial charge in [0.15, 0.2) is 0 Å². The van der Waals surface area contributed by atoms with Crippen LogP contribution >= 0.6 is 0 Å². The quantitative estimate of drug-likeness (QED) is 0.181. The van der Waals surface area contributed by atoms with E-state index < -0.39 is 0 Å². The fourth-order valence-corrected chi connectivity index (χ4v) is 8.31. The standard InChI is InChI=1S/C50H32N2O/c1-2-13-34(14-3-1)40-16-6-9-19-46(40)51(39-26-29-44-43-18-8-11-21-48(43)53-49(44)32-39)37-25-28-41-36(31-37)23-27-45-42-17-7-10-20-47(42)52(50(41)45)38-24-22-33-12-4-5-15-35(33)30-38/h1-32H. The first kappa shape index (κ1) is 29.6. The first-order valence-corrected chi connectivity index (χ1v) is 18.1. The highest BCUT2D eigenvalue weighted by atomic mass is 16.3. The molecular weight excluding hydrogens is 645 g/mol. The molecule has 0 bridgehead atoms. The Kier molecular flexibility index (Phi) is 6.55. The van der Waals surface area contributed by atoms with Gasteiger partial charge < -0.3 is 13.9 Å². The van der Waals surface area contributed by atoms with Crippen molar-refractivity contribution in [1.82, 2.24) is 4.57 Å². The van der Waals surface area contributed by atoms with Gasteiger partial charge in [0.05, 0.1) is 16.7 Å². The molecule has 0 spiro atoms. The maximum absolute atomic E-state index is 6.43. The molecule has 0 fully saturated rings.